The number of aliphatic hydroxyl groups is 1. The predicted molar refractivity (Wildman–Crippen MR) is 67.1 cm³/mol. The van der Waals surface area contributed by atoms with Crippen molar-refractivity contribution >= 4 is 17.2 Å². The standard InChI is InChI=1S/C12H15NO3S/c1-9(16-2)8-13-12(15)11-6-5-10(17-11)4-3-7-14/h5-6,9,14H,7-8H2,1-2H3,(H,13,15). The molecular weight excluding hydrogens is 238 g/mol. The number of thiophene rings is 1. The second-order valence-electron chi connectivity index (χ2n) is 3.38. The Labute approximate surface area is 105 Å². The van der Waals surface area contributed by atoms with E-state index in [1.54, 1.807) is 19.2 Å². The fraction of sp³-hybridized carbons (Fsp3) is 0.417. The van der Waals surface area contributed by atoms with Crippen LogP contribution in [0.5, 0.6) is 0 Å². The van der Waals surface area contributed by atoms with Crippen LogP contribution in [0.1, 0.15) is 21.5 Å². The van der Waals surface area contributed by atoms with Gasteiger partial charge in [-0.15, -0.1) is 11.3 Å². The summed E-state index contributed by atoms with van der Waals surface area (Å²) in [6.45, 7) is 2.18. The molecule has 1 unspecified atom stereocenters. The van der Waals surface area contributed by atoms with Crippen molar-refractivity contribution in [2.24, 2.45) is 0 Å². The second kappa shape index (κ2) is 7.07. The van der Waals surface area contributed by atoms with Gasteiger partial charge >= 0.3 is 0 Å². The van der Waals surface area contributed by atoms with Crippen LogP contribution in [-0.4, -0.2) is 37.4 Å². The van der Waals surface area contributed by atoms with E-state index >= 15 is 0 Å². The third kappa shape index (κ3) is 4.57. The Morgan fingerprint density at radius 3 is 3.06 bits per heavy atom. The Balaban J connectivity index is 2.55. The van der Waals surface area contributed by atoms with Crippen molar-refractivity contribution in [3.63, 3.8) is 0 Å². The summed E-state index contributed by atoms with van der Waals surface area (Å²) in [5, 5.41) is 11.3. The molecule has 5 heteroatoms. The van der Waals surface area contributed by atoms with E-state index in [1.165, 1.54) is 11.3 Å². The summed E-state index contributed by atoms with van der Waals surface area (Å²) in [6, 6.07) is 3.49. The highest BCUT2D eigenvalue weighted by molar-refractivity contribution is 7.14. The number of rotatable bonds is 4. The maximum Gasteiger partial charge on any atom is 0.261 e. The molecule has 92 valence electrons. The molecule has 1 amide bonds. The van der Waals surface area contributed by atoms with Gasteiger partial charge in [0.15, 0.2) is 0 Å². The van der Waals surface area contributed by atoms with Crippen molar-refractivity contribution < 1.29 is 14.6 Å². The number of hydrogen-bond donors (Lipinski definition) is 2. The molecule has 0 aliphatic carbocycles. The number of carbonyl (C=O) groups excluding carboxylic acids is 1. The van der Waals surface area contributed by atoms with Gasteiger partial charge in [-0.05, 0) is 19.1 Å². The monoisotopic (exact) mass is 253 g/mol. The molecule has 0 aromatic carbocycles. The van der Waals surface area contributed by atoms with Gasteiger partial charge in [-0.2, -0.15) is 0 Å². The van der Waals surface area contributed by atoms with Gasteiger partial charge in [0.05, 0.1) is 15.9 Å². The van der Waals surface area contributed by atoms with Crippen LogP contribution in [-0.2, 0) is 4.74 Å². The molecular formula is C12H15NO3S. The Morgan fingerprint density at radius 1 is 1.65 bits per heavy atom. The fourth-order valence-corrected chi connectivity index (χ4v) is 1.86. The topological polar surface area (TPSA) is 58.6 Å². The number of amides is 1. The minimum atomic E-state index is -0.176. The molecule has 0 radical (unpaired) electrons. The van der Waals surface area contributed by atoms with Crippen LogP contribution in [0.2, 0.25) is 0 Å². The first-order valence-electron chi connectivity index (χ1n) is 5.18. The Bertz CT molecular complexity index is 430. The van der Waals surface area contributed by atoms with Gasteiger partial charge in [0.2, 0.25) is 0 Å². The minimum Gasteiger partial charge on any atom is -0.384 e. The number of aliphatic hydroxyl groups excluding tert-OH is 1. The van der Waals surface area contributed by atoms with Crippen molar-refractivity contribution in [2.45, 2.75) is 13.0 Å². The van der Waals surface area contributed by atoms with Crippen LogP contribution in [0, 0.1) is 11.8 Å². The van der Waals surface area contributed by atoms with E-state index in [1.807, 2.05) is 6.92 Å². The van der Waals surface area contributed by atoms with E-state index in [9.17, 15) is 4.79 Å². The van der Waals surface area contributed by atoms with Gasteiger partial charge in [0.25, 0.3) is 5.91 Å². The molecule has 0 bridgehead atoms. The first kappa shape index (κ1) is 13.7. The van der Waals surface area contributed by atoms with Gasteiger partial charge in [0, 0.05) is 13.7 Å². The third-order valence-corrected chi connectivity index (χ3v) is 3.07. The molecule has 4 nitrogen and oxygen atoms in total. The summed E-state index contributed by atoms with van der Waals surface area (Å²) in [7, 11) is 1.60. The smallest absolute Gasteiger partial charge is 0.261 e. The molecule has 2 N–H and O–H groups in total. The van der Waals surface area contributed by atoms with Crippen molar-refractivity contribution in [1.82, 2.24) is 5.32 Å². The summed E-state index contributed by atoms with van der Waals surface area (Å²) in [6.07, 6.45) is -0.00689. The van der Waals surface area contributed by atoms with Crippen molar-refractivity contribution in [3.05, 3.63) is 21.9 Å². The normalized spacial score (nSPS) is 11.5. The van der Waals surface area contributed by atoms with Crippen LogP contribution >= 0.6 is 11.3 Å². The average Bonchev–Trinajstić information content (AvgIpc) is 2.81. The summed E-state index contributed by atoms with van der Waals surface area (Å²) in [5.74, 6) is 5.17. The van der Waals surface area contributed by atoms with Crippen molar-refractivity contribution in [3.8, 4) is 11.8 Å². The number of hydrogen-bond acceptors (Lipinski definition) is 4. The molecule has 0 spiro atoms. The summed E-state index contributed by atoms with van der Waals surface area (Å²) < 4.78 is 5.03. The van der Waals surface area contributed by atoms with Gasteiger partial charge in [-0.25, -0.2) is 0 Å². The van der Waals surface area contributed by atoms with E-state index < -0.39 is 0 Å². The largest absolute Gasteiger partial charge is 0.384 e. The van der Waals surface area contributed by atoms with Gasteiger partial charge in [-0.1, -0.05) is 11.8 Å². The molecule has 0 aliphatic rings. The van der Waals surface area contributed by atoms with Crippen molar-refractivity contribution in [1.29, 1.82) is 0 Å². The van der Waals surface area contributed by atoms with Crippen LogP contribution in [0.4, 0.5) is 0 Å². The Hall–Kier alpha value is -1.35. The Kier molecular flexibility index (Phi) is 5.70. The molecule has 0 saturated heterocycles. The van der Waals surface area contributed by atoms with Gasteiger partial charge in [-0.3, -0.25) is 4.79 Å². The lowest BCUT2D eigenvalue weighted by Gasteiger charge is -2.09. The summed E-state index contributed by atoms with van der Waals surface area (Å²) in [4.78, 5) is 13.1. The minimum absolute atomic E-state index is 0.00689. The van der Waals surface area contributed by atoms with Crippen molar-refractivity contribution in [2.75, 3.05) is 20.3 Å². The zero-order valence-electron chi connectivity index (χ0n) is 9.82. The fourth-order valence-electron chi connectivity index (χ4n) is 1.06. The summed E-state index contributed by atoms with van der Waals surface area (Å²) in [5.41, 5.74) is 0. The Morgan fingerprint density at radius 2 is 2.41 bits per heavy atom. The lowest BCUT2D eigenvalue weighted by Crippen LogP contribution is -2.30. The first-order chi connectivity index (χ1) is 8.17. The van der Waals surface area contributed by atoms with Crippen LogP contribution in [0.3, 0.4) is 0 Å². The number of carbonyl (C=O) groups is 1. The molecule has 0 aliphatic heterocycles. The SMILES string of the molecule is COC(C)CNC(=O)c1ccc(C#CCO)s1. The molecule has 1 rings (SSSR count). The highest BCUT2D eigenvalue weighted by Crippen LogP contribution is 2.15. The third-order valence-electron chi connectivity index (χ3n) is 2.07. The van der Waals surface area contributed by atoms with E-state index in [0.717, 1.165) is 4.88 Å². The molecule has 0 saturated carbocycles. The van der Waals surface area contributed by atoms with E-state index in [4.69, 9.17) is 9.84 Å². The van der Waals surface area contributed by atoms with E-state index in [-0.39, 0.29) is 18.6 Å². The highest BCUT2D eigenvalue weighted by atomic mass is 32.1. The van der Waals surface area contributed by atoms with E-state index in [0.29, 0.717) is 11.4 Å². The molecule has 17 heavy (non-hydrogen) atoms. The molecule has 1 aromatic heterocycles. The molecule has 1 heterocycles. The van der Waals surface area contributed by atoms with Gasteiger partial charge < -0.3 is 15.2 Å². The average molecular weight is 253 g/mol. The molecule has 1 aromatic rings. The predicted octanol–water partition coefficient (Wildman–Crippen LogP) is 0.857. The lowest BCUT2D eigenvalue weighted by molar-refractivity contribution is 0.0874. The zero-order chi connectivity index (χ0) is 12.7. The molecule has 0 fully saturated rings. The van der Waals surface area contributed by atoms with Gasteiger partial charge in [0.1, 0.15) is 6.61 Å². The zero-order valence-corrected chi connectivity index (χ0v) is 10.6. The van der Waals surface area contributed by atoms with Crippen LogP contribution in [0.25, 0.3) is 0 Å². The molecule has 1 atom stereocenters. The number of methoxy groups -OCH3 is 1. The first-order valence-corrected chi connectivity index (χ1v) is 5.99. The summed E-state index contributed by atoms with van der Waals surface area (Å²) >= 11 is 1.30. The maximum absolute atomic E-state index is 11.7. The maximum atomic E-state index is 11.7. The highest BCUT2D eigenvalue weighted by Gasteiger charge is 2.09. The quantitative estimate of drug-likeness (QED) is 0.782. The van der Waals surface area contributed by atoms with E-state index in [2.05, 4.69) is 17.2 Å². The number of nitrogens with one attached hydrogen (secondary N) is 1. The van der Waals surface area contributed by atoms with Crippen LogP contribution < -0.4 is 5.32 Å². The number of ether oxygens (including phenoxy) is 1. The lowest BCUT2D eigenvalue weighted by atomic mass is 10.3. The second-order valence-corrected chi connectivity index (χ2v) is 4.46. The van der Waals surface area contributed by atoms with Crippen LogP contribution in [0.15, 0.2) is 12.1 Å².